The number of ether oxygens (including phenoxy) is 2. The summed E-state index contributed by atoms with van der Waals surface area (Å²) in [5, 5.41) is 0. The van der Waals surface area contributed by atoms with Crippen LogP contribution >= 0.6 is 0 Å². The summed E-state index contributed by atoms with van der Waals surface area (Å²) < 4.78 is 11.5. The molecule has 3 aromatic rings. The summed E-state index contributed by atoms with van der Waals surface area (Å²) in [6.07, 6.45) is 0.256. The van der Waals surface area contributed by atoms with E-state index in [0.717, 1.165) is 17.0 Å². The Balaban J connectivity index is 1.50. The first-order chi connectivity index (χ1) is 15.6. The van der Waals surface area contributed by atoms with Gasteiger partial charge >= 0.3 is 0 Å². The van der Waals surface area contributed by atoms with Crippen LogP contribution in [0.1, 0.15) is 22.3 Å². The number of rotatable bonds is 4. The molecule has 6 heteroatoms. The van der Waals surface area contributed by atoms with Crippen molar-refractivity contribution in [3.63, 3.8) is 0 Å². The van der Waals surface area contributed by atoms with E-state index in [4.69, 9.17) is 9.47 Å². The number of hydrogen-bond donors (Lipinski definition) is 0. The lowest BCUT2D eigenvalue weighted by molar-refractivity contribution is -0.122. The molecule has 32 heavy (non-hydrogen) atoms. The van der Waals surface area contributed by atoms with Gasteiger partial charge in [0.25, 0.3) is 5.91 Å². The zero-order chi connectivity index (χ0) is 22.1. The summed E-state index contributed by atoms with van der Waals surface area (Å²) >= 11 is 0. The van der Waals surface area contributed by atoms with Gasteiger partial charge in [0.2, 0.25) is 5.91 Å². The molecule has 0 aliphatic carbocycles. The van der Waals surface area contributed by atoms with Gasteiger partial charge in [-0.3, -0.25) is 9.59 Å². The van der Waals surface area contributed by atoms with E-state index >= 15 is 0 Å². The Hall–Kier alpha value is -3.80. The smallest absolute Gasteiger partial charge is 0.254 e. The van der Waals surface area contributed by atoms with E-state index in [9.17, 15) is 9.59 Å². The van der Waals surface area contributed by atoms with Crippen LogP contribution < -0.4 is 14.4 Å². The van der Waals surface area contributed by atoms with Crippen LogP contribution in [-0.2, 0) is 11.3 Å². The van der Waals surface area contributed by atoms with Crippen molar-refractivity contribution in [3.05, 3.63) is 90.0 Å². The van der Waals surface area contributed by atoms with Gasteiger partial charge in [-0.05, 0) is 42.0 Å². The molecule has 6 nitrogen and oxygen atoms in total. The third kappa shape index (κ3) is 3.68. The quantitative estimate of drug-likeness (QED) is 0.632. The molecule has 2 aliphatic rings. The third-order valence-electron chi connectivity index (χ3n) is 6.04. The first-order valence-electron chi connectivity index (χ1n) is 10.7. The molecule has 2 atom stereocenters. The summed E-state index contributed by atoms with van der Waals surface area (Å²) in [4.78, 5) is 30.5. The maximum Gasteiger partial charge on any atom is 0.254 e. The molecule has 5 rings (SSSR count). The van der Waals surface area contributed by atoms with Crippen molar-refractivity contribution in [1.82, 2.24) is 4.90 Å². The fraction of sp³-hybridized carbons (Fsp3) is 0.231. The maximum atomic E-state index is 13.8. The Kier molecular flexibility index (Phi) is 5.27. The Morgan fingerprint density at radius 2 is 1.72 bits per heavy atom. The summed E-state index contributed by atoms with van der Waals surface area (Å²) in [6, 6.07) is 23.7. The molecule has 0 radical (unpaired) electrons. The van der Waals surface area contributed by atoms with Gasteiger partial charge in [0.15, 0.2) is 0 Å². The van der Waals surface area contributed by atoms with Gasteiger partial charge in [-0.1, -0.05) is 42.5 Å². The molecule has 0 saturated carbocycles. The normalized spacial score (nSPS) is 19.6. The molecule has 2 bridgehead atoms. The number of anilines is 1. The van der Waals surface area contributed by atoms with Crippen LogP contribution in [0.3, 0.4) is 0 Å². The summed E-state index contributed by atoms with van der Waals surface area (Å²) in [5.41, 5.74) is 2.26. The monoisotopic (exact) mass is 428 g/mol. The highest BCUT2D eigenvalue weighted by Gasteiger charge is 2.45. The molecule has 1 fully saturated rings. The van der Waals surface area contributed by atoms with E-state index in [1.54, 1.807) is 29.0 Å². The van der Waals surface area contributed by atoms with Crippen molar-refractivity contribution in [2.24, 2.45) is 0 Å². The summed E-state index contributed by atoms with van der Waals surface area (Å²) in [6.45, 7) is 0.757. The third-order valence-corrected chi connectivity index (χ3v) is 6.04. The number of carbonyl (C=O) groups excluding carboxylic acids is 2. The maximum absolute atomic E-state index is 13.8. The number of benzene rings is 3. The lowest BCUT2D eigenvalue weighted by atomic mass is 10.1. The van der Waals surface area contributed by atoms with Crippen LogP contribution in [0.15, 0.2) is 78.9 Å². The van der Waals surface area contributed by atoms with E-state index in [1.165, 1.54) is 0 Å². The Morgan fingerprint density at radius 3 is 2.47 bits per heavy atom. The van der Waals surface area contributed by atoms with Gasteiger partial charge < -0.3 is 19.3 Å². The highest BCUT2D eigenvalue weighted by Crippen LogP contribution is 2.37. The van der Waals surface area contributed by atoms with E-state index < -0.39 is 6.04 Å². The molecule has 2 aliphatic heterocycles. The number of carbonyl (C=O) groups is 2. The molecule has 2 heterocycles. The average Bonchev–Trinajstić information content (AvgIpc) is 3.27. The molecule has 2 amide bonds. The molecule has 1 saturated heterocycles. The fourth-order valence-corrected chi connectivity index (χ4v) is 4.42. The predicted octanol–water partition coefficient (Wildman–Crippen LogP) is 3.90. The SMILES string of the molecule is COc1ccc(CN2C(=O)C3CC(CN3C(=O)c3ccccc3)Oc3ccccc32)cc1. The molecular weight excluding hydrogens is 404 g/mol. The van der Waals surface area contributed by atoms with Gasteiger partial charge in [-0.2, -0.15) is 0 Å². The van der Waals surface area contributed by atoms with Crippen LogP contribution in [0.2, 0.25) is 0 Å². The van der Waals surface area contributed by atoms with E-state index in [1.807, 2.05) is 66.7 Å². The second kappa shape index (κ2) is 8.38. The van der Waals surface area contributed by atoms with Crippen LogP contribution in [-0.4, -0.2) is 42.5 Å². The van der Waals surface area contributed by atoms with Crippen molar-refractivity contribution in [2.45, 2.75) is 25.1 Å². The molecule has 3 aromatic carbocycles. The molecule has 2 unspecified atom stereocenters. The number of hydrogen-bond acceptors (Lipinski definition) is 4. The molecule has 162 valence electrons. The second-order valence-electron chi connectivity index (χ2n) is 8.06. The highest BCUT2D eigenvalue weighted by atomic mass is 16.5. The number of likely N-dealkylation sites (tertiary alicyclic amines) is 1. The minimum Gasteiger partial charge on any atom is -0.497 e. The number of amides is 2. The first-order valence-corrected chi connectivity index (χ1v) is 10.7. The van der Waals surface area contributed by atoms with E-state index in [2.05, 4.69) is 0 Å². The molecule has 0 aromatic heterocycles. The van der Waals surface area contributed by atoms with Crippen LogP contribution in [0.25, 0.3) is 0 Å². The zero-order valence-corrected chi connectivity index (χ0v) is 17.8. The standard InChI is InChI=1S/C26H24N2O4/c1-31-20-13-11-18(12-14-20)16-27-22-9-5-6-10-24(22)32-21-15-23(26(27)30)28(17-21)25(29)19-7-3-2-4-8-19/h2-14,21,23H,15-17H2,1H3. The van der Waals surface area contributed by atoms with Crippen LogP contribution in [0, 0.1) is 0 Å². The number of fused-ring (bicyclic) bond motifs is 3. The van der Waals surface area contributed by atoms with Gasteiger partial charge in [0, 0.05) is 12.0 Å². The fourth-order valence-electron chi connectivity index (χ4n) is 4.42. The number of methoxy groups -OCH3 is 1. The Labute approximate surface area is 187 Å². The Bertz CT molecular complexity index is 1130. The number of para-hydroxylation sites is 2. The summed E-state index contributed by atoms with van der Waals surface area (Å²) in [7, 11) is 1.62. The molecule has 0 N–H and O–H groups in total. The largest absolute Gasteiger partial charge is 0.497 e. The summed E-state index contributed by atoms with van der Waals surface area (Å²) in [5.74, 6) is 1.18. The van der Waals surface area contributed by atoms with Crippen LogP contribution in [0.5, 0.6) is 11.5 Å². The van der Waals surface area contributed by atoms with Crippen molar-refractivity contribution < 1.29 is 19.1 Å². The highest BCUT2D eigenvalue weighted by molar-refractivity contribution is 6.03. The lowest BCUT2D eigenvalue weighted by Gasteiger charge is -2.32. The van der Waals surface area contributed by atoms with Crippen LogP contribution in [0.4, 0.5) is 5.69 Å². The Morgan fingerprint density at radius 1 is 1.00 bits per heavy atom. The van der Waals surface area contributed by atoms with Gasteiger partial charge in [-0.15, -0.1) is 0 Å². The minimum absolute atomic E-state index is 0.0941. The lowest BCUT2D eigenvalue weighted by Crippen LogP contribution is -2.47. The first kappa shape index (κ1) is 20.1. The van der Waals surface area contributed by atoms with Crippen molar-refractivity contribution >= 4 is 17.5 Å². The van der Waals surface area contributed by atoms with Gasteiger partial charge in [-0.25, -0.2) is 0 Å². The number of nitrogens with zero attached hydrogens (tertiary/aromatic N) is 2. The molecular formula is C26H24N2O4. The van der Waals surface area contributed by atoms with E-state index in [0.29, 0.717) is 30.8 Å². The van der Waals surface area contributed by atoms with Gasteiger partial charge in [0.1, 0.15) is 23.6 Å². The predicted molar refractivity (Wildman–Crippen MR) is 121 cm³/mol. The van der Waals surface area contributed by atoms with Crippen molar-refractivity contribution in [2.75, 3.05) is 18.6 Å². The average molecular weight is 428 g/mol. The zero-order valence-electron chi connectivity index (χ0n) is 17.8. The van der Waals surface area contributed by atoms with Gasteiger partial charge in [0.05, 0.1) is 25.9 Å². The molecule has 0 spiro atoms. The van der Waals surface area contributed by atoms with Crippen molar-refractivity contribution in [3.8, 4) is 11.5 Å². The van der Waals surface area contributed by atoms with Crippen molar-refractivity contribution in [1.29, 1.82) is 0 Å². The second-order valence-corrected chi connectivity index (χ2v) is 8.06. The topological polar surface area (TPSA) is 59.1 Å². The van der Waals surface area contributed by atoms with E-state index in [-0.39, 0.29) is 17.9 Å². The minimum atomic E-state index is -0.570.